The van der Waals surface area contributed by atoms with Crippen LogP contribution in [-0.2, 0) is 61.6 Å². The molecule has 45 nitrogen and oxygen atoms in total. The first kappa shape index (κ1) is 87.8. The van der Waals surface area contributed by atoms with Crippen LogP contribution in [0.2, 0.25) is 0 Å². The van der Waals surface area contributed by atoms with Crippen LogP contribution < -0.4 is 5.32 Å². The Morgan fingerprint density at radius 1 is 0.413 bits per heavy atom. The summed E-state index contributed by atoms with van der Waals surface area (Å²) < 4.78 is 75.2. The molecule has 1 aromatic rings. The summed E-state index contributed by atoms with van der Waals surface area (Å²) in [5, 5.41) is 57.7. The number of azide groups is 9. The predicted molar refractivity (Wildman–Crippen MR) is 365 cm³/mol. The number of esters is 1. The Labute approximate surface area is 598 Å². The van der Waals surface area contributed by atoms with Crippen LogP contribution in [0, 0.1) is 41.4 Å². The number of aliphatic hydroxyl groups is 2. The number of nitrogens with one attached hydrogen (secondary N) is 1. The molecule has 0 aliphatic carbocycles. The monoisotopic (exact) mass is 1470 g/mol. The van der Waals surface area contributed by atoms with E-state index in [-0.39, 0.29) is 61.2 Å². The summed E-state index contributed by atoms with van der Waals surface area (Å²) in [4.78, 5) is 50.8. The maximum atomic E-state index is 13.0. The van der Waals surface area contributed by atoms with Crippen LogP contribution in [-0.4, -0.2) is 218 Å². The molecule has 0 aromatic heterocycles. The number of aliphatic hydroxyl groups excluding tert-OH is 2. The van der Waals surface area contributed by atoms with Crippen molar-refractivity contribution >= 4 is 11.9 Å². The number of benzene rings is 1. The number of hydrogen-bond acceptors (Lipinski definition) is 26. The van der Waals surface area contributed by atoms with Gasteiger partial charge in [0.15, 0.2) is 37.7 Å². The van der Waals surface area contributed by atoms with Gasteiger partial charge in [0.05, 0.1) is 135 Å². The minimum Gasteiger partial charge on any atom is -0.465 e. The molecule has 0 saturated carbocycles. The van der Waals surface area contributed by atoms with E-state index in [0.717, 1.165) is 6.42 Å². The number of rotatable bonds is 27. The van der Waals surface area contributed by atoms with Crippen molar-refractivity contribution in [2.45, 2.75) is 230 Å². The molecule has 3 N–H and O–H groups in total. The molecule has 45 heteroatoms. The third kappa shape index (κ3) is 22.2. The normalized spacial score (nSPS) is 36.8. The van der Waals surface area contributed by atoms with Gasteiger partial charge >= 0.3 is 5.97 Å². The number of methoxy groups -OCH3 is 4. The zero-order chi connectivity index (χ0) is 77.3. The van der Waals surface area contributed by atoms with Crippen LogP contribution in [0.15, 0.2) is 70.3 Å². The zero-order valence-electron chi connectivity index (χ0n) is 60.5. The van der Waals surface area contributed by atoms with Crippen LogP contribution >= 0.6 is 0 Å². The highest BCUT2D eigenvalue weighted by atomic mass is 16.7. The number of hydrogen-bond donors (Lipinski definition) is 3. The van der Waals surface area contributed by atoms with Gasteiger partial charge in [-0.1, -0.05) is 134 Å². The first-order chi connectivity index (χ1) is 50.1. The SMILES string of the molecule is CC.CCC1O[C@H](O[C@@H]2C(CN=[N+]=[N-])O[C@H](OC)[C@@H](N=[N+]=[N-])C2C)[C@@H](N=[N+]=[N-])C(C)[C@@H]1C.CCC1O[C@H](O[C@@H]2C(CN=[N+]=[N-])O[C@H](OC)[C@@H](N=[N+]=[N-])C2C)[C@@H](N=[N+]=[N-])C(C)[C@@H]1O.COC(=O)c1ccccc1C(=O)NCC1O[C@H](O[C@@H]2C(CN=[N+]=[N-])O[C@H](OC)[C@@H](N=[N+]=[N-])C2C)[C@@H](N=[N+]=[N-])C(C)[C@@H]1O. The Morgan fingerprint density at radius 3 is 1.03 bits per heavy atom. The largest absolute Gasteiger partial charge is 0.465 e. The first-order valence-electron chi connectivity index (χ1n) is 33.6. The highest BCUT2D eigenvalue weighted by Gasteiger charge is 2.53. The van der Waals surface area contributed by atoms with Crippen molar-refractivity contribution in [1.29, 1.82) is 0 Å². The lowest BCUT2D eigenvalue weighted by molar-refractivity contribution is -0.307. The summed E-state index contributed by atoms with van der Waals surface area (Å²) >= 11 is 0. The Morgan fingerprint density at radius 2 is 0.712 bits per heavy atom. The number of nitrogens with zero attached hydrogens (tertiary/aromatic N) is 27. The first-order valence-corrected chi connectivity index (χ1v) is 33.6. The van der Waals surface area contributed by atoms with Gasteiger partial charge in [0.25, 0.3) is 5.91 Å². The minimum atomic E-state index is -1.25. The Kier molecular flexibility index (Phi) is 37.9. The molecular weight excluding hydrogens is 1370 g/mol. The second-order valence-electron chi connectivity index (χ2n) is 24.7. The van der Waals surface area contributed by atoms with Gasteiger partial charge in [0, 0.05) is 72.1 Å². The van der Waals surface area contributed by atoms with Crippen LogP contribution in [0.4, 0.5) is 0 Å². The molecule has 6 aliphatic heterocycles. The Bertz CT molecular complexity index is 3250. The fourth-order valence-electron chi connectivity index (χ4n) is 13.2. The summed E-state index contributed by atoms with van der Waals surface area (Å²) in [6.07, 6.45) is -12.5. The topological polar surface area (TPSA) is 645 Å². The van der Waals surface area contributed by atoms with Crippen molar-refractivity contribution in [3.05, 3.63) is 129 Å². The smallest absolute Gasteiger partial charge is 0.338 e. The molecule has 572 valence electrons. The van der Waals surface area contributed by atoms with Crippen molar-refractivity contribution in [3.63, 3.8) is 0 Å². The molecule has 0 spiro atoms. The summed E-state index contributed by atoms with van der Waals surface area (Å²) in [5.41, 5.74) is 80.8. The van der Waals surface area contributed by atoms with Gasteiger partial charge in [-0.3, -0.25) is 4.79 Å². The van der Waals surface area contributed by atoms with Crippen LogP contribution in [0.3, 0.4) is 0 Å². The second kappa shape index (κ2) is 44.9. The van der Waals surface area contributed by atoms with Gasteiger partial charge in [-0.05, 0) is 116 Å². The summed E-state index contributed by atoms with van der Waals surface area (Å²) in [6.45, 7) is 20.3. The molecule has 12 unspecified atom stereocenters. The van der Waals surface area contributed by atoms with Crippen molar-refractivity contribution in [1.82, 2.24) is 5.32 Å². The average Bonchev–Trinajstić information content (AvgIpc) is 0.788. The molecule has 0 radical (unpaired) electrons. The van der Waals surface area contributed by atoms with Crippen LogP contribution in [0.1, 0.15) is 110 Å². The summed E-state index contributed by atoms with van der Waals surface area (Å²) in [7, 11) is 5.43. The number of ether oxygens (including phenoxy) is 13. The molecule has 104 heavy (non-hydrogen) atoms. The molecule has 6 heterocycles. The zero-order valence-corrected chi connectivity index (χ0v) is 60.5. The molecule has 1 amide bonds. The van der Waals surface area contributed by atoms with Gasteiger partial charge in [0.1, 0.15) is 6.10 Å². The molecular formula is C59H94N28O17. The Hall–Kier alpha value is -8.61. The number of amides is 1. The van der Waals surface area contributed by atoms with E-state index in [0.29, 0.717) is 6.42 Å². The fraction of sp³-hybridized carbons (Fsp3) is 0.864. The van der Waals surface area contributed by atoms with Crippen molar-refractivity contribution in [2.75, 3.05) is 54.6 Å². The molecule has 1 aromatic carbocycles. The third-order valence-corrected chi connectivity index (χ3v) is 19.2. The molecule has 30 atom stereocenters. The lowest BCUT2D eigenvalue weighted by Gasteiger charge is -2.48. The van der Waals surface area contributed by atoms with Gasteiger partial charge in [-0.15, -0.1) is 0 Å². The van der Waals surface area contributed by atoms with Gasteiger partial charge in [0.2, 0.25) is 0 Å². The van der Waals surface area contributed by atoms with E-state index in [2.05, 4.69) is 102 Å². The van der Waals surface area contributed by atoms with Gasteiger partial charge in [-0.25, -0.2) is 4.79 Å². The fourth-order valence-corrected chi connectivity index (χ4v) is 13.2. The summed E-state index contributed by atoms with van der Waals surface area (Å²) in [6, 6.07) is 1.52. The van der Waals surface area contributed by atoms with E-state index < -0.39 is 171 Å². The van der Waals surface area contributed by atoms with E-state index in [1.54, 1.807) is 39.8 Å². The predicted octanol–water partition coefficient (Wildman–Crippen LogP) is 11.6. The van der Waals surface area contributed by atoms with Gasteiger partial charge in [-0.2, -0.15) is 0 Å². The number of carbonyl (C=O) groups is 2. The van der Waals surface area contributed by atoms with Crippen molar-refractivity contribution in [2.24, 2.45) is 87.5 Å². The van der Waals surface area contributed by atoms with E-state index in [1.807, 2.05) is 41.5 Å². The standard InChI is InChI=1S/C24H32N10O8.C17H29N9O4.C16H27N9O5.C2H6/c1-11-17(30-33-26)24(42-20-12(2)18(31-34-27)23(39-4)41-16(20)10-29-32-25)40-15(19(11)35)9-28-21(36)13-7-5-6-8-14(13)22(37)38-3;1-6-11-8(2)9(3)13(22-25-19)17(28-11)30-15-10(4)14(23-26-20)16(27-5)29-12(15)7-21-24-18;1-5-9-13(26)7(2)11(21-24-18)16(28-9)30-14-8(3)12(22-25-19)15(27-4)29-10(14)6-20-23-17;1-2/h5-8,11-12,15-20,23-24,35H,9-10H2,1-4H3,(H,28,36);8-17H,6-7H2,1-5H3;7-16,26H,5-6H2,1-4H3;1-2H3/t11?,12?,15?,16?,17-,18-,19-,20-,23-,24+;8-,9?,10?,11?,12?,13-,14-,15-,16-,17+;7?,8?,9?,10?,11-,12-,13-,14-,15-,16+;/m000./s1. The highest BCUT2D eigenvalue weighted by Crippen LogP contribution is 2.42. The summed E-state index contributed by atoms with van der Waals surface area (Å²) in [5.74, 6) is -3.51. The number of carbonyl (C=O) groups excluding carboxylic acids is 2. The second-order valence-corrected chi connectivity index (χ2v) is 24.7. The molecule has 6 saturated heterocycles. The van der Waals surface area contributed by atoms with Gasteiger partial charge < -0.3 is 77.1 Å². The molecule has 0 bridgehead atoms. The van der Waals surface area contributed by atoms with E-state index in [9.17, 15) is 25.3 Å². The highest BCUT2D eigenvalue weighted by molar-refractivity contribution is 6.05. The minimum absolute atomic E-state index is 0.00355. The molecule has 6 aliphatic rings. The average molecular weight is 1470 g/mol. The van der Waals surface area contributed by atoms with E-state index in [1.165, 1.54) is 40.6 Å². The maximum absolute atomic E-state index is 13.0. The van der Waals surface area contributed by atoms with Crippen molar-refractivity contribution < 1.29 is 81.4 Å². The third-order valence-electron chi connectivity index (χ3n) is 19.2. The maximum Gasteiger partial charge on any atom is 0.338 e. The molecule has 6 fully saturated rings. The van der Waals surface area contributed by atoms with E-state index >= 15 is 0 Å². The quantitative estimate of drug-likeness (QED) is 0.0319. The lowest BCUT2D eigenvalue weighted by atomic mass is 9.81. The lowest BCUT2D eigenvalue weighted by Crippen LogP contribution is -2.60. The van der Waals surface area contributed by atoms with Crippen molar-refractivity contribution in [3.8, 4) is 0 Å². The Balaban J connectivity index is 0.000000333. The van der Waals surface area contributed by atoms with Crippen LogP contribution in [0.25, 0.3) is 94.0 Å². The van der Waals surface area contributed by atoms with Crippen LogP contribution in [0.5, 0.6) is 0 Å². The van der Waals surface area contributed by atoms with E-state index in [4.69, 9.17) is 106 Å². The molecule has 7 rings (SSSR count).